The number of benzene rings is 2. The number of amides is 3. The first-order valence-electron chi connectivity index (χ1n) is 9.16. The Morgan fingerprint density at radius 1 is 1.03 bits per heavy atom. The minimum Gasteiger partial charge on any atom is -0.326 e. The van der Waals surface area contributed by atoms with Gasteiger partial charge >= 0.3 is 12.2 Å². The lowest BCUT2D eigenvalue weighted by Crippen LogP contribution is -2.47. The Morgan fingerprint density at radius 2 is 1.69 bits per heavy atom. The summed E-state index contributed by atoms with van der Waals surface area (Å²) in [5.41, 5.74) is 1.37. The second kappa shape index (κ2) is 6.95. The van der Waals surface area contributed by atoms with Crippen LogP contribution in [0.3, 0.4) is 0 Å². The van der Waals surface area contributed by atoms with Gasteiger partial charge in [0.2, 0.25) is 0 Å². The molecule has 4 rings (SSSR count). The zero-order valence-electron chi connectivity index (χ0n) is 15.5. The van der Waals surface area contributed by atoms with E-state index in [9.17, 15) is 22.8 Å². The molecule has 0 aromatic heterocycles. The first-order valence-corrected chi connectivity index (χ1v) is 9.16. The van der Waals surface area contributed by atoms with Gasteiger partial charge in [-0.15, -0.1) is 0 Å². The predicted octanol–water partition coefficient (Wildman–Crippen LogP) is 4.09. The van der Waals surface area contributed by atoms with Gasteiger partial charge in [-0.05, 0) is 36.8 Å². The molecular weight excluding hydrogens is 383 g/mol. The molecule has 3 amide bonds. The molecule has 8 heteroatoms. The van der Waals surface area contributed by atoms with Crippen LogP contribution in [0.1, 0.15) is 24.1 Å². The maximum Gasteiger partial charge on any atom is 0.416 e. The number of nitrogens with zero attached hydrogens (tertiary/aromatic N) is 2. The molecule has 0 saturated carbocycles. The van der Waals surface area contributed by atoms with E-state index in [1.807, 2.05) is 30.3 Å². The third-order valence-electron chi connectivity index (χ3n) is 5.18. The van der Waals surface area contributed by atoms with Crippen molar-refractivity contribution in [2.45, 2.75) is 19.1 Å². The number of likely N-dealkylation sites (N-methyl/N-ethyl adjacent to an activating group) is 1. The van der Waals surface area contributed by atoms with Crippen LogP contribution in [0.4, 0.5) is 23.7 Å². The second-order valence-electron chi connectivity index (χ2n) is 6.83. The molecule has 0 radical (unpaired) electrons. The number of halogens is 3. The molecule has 0 unspecified atom stereocenters. The SMILES string of the molecule is CCN1C(=O)N[C@H](c2ccccc2)C2=C1CN(c1ccc(C(F)(F)F)cc1)C2=O. The lowest BCUT2D eigenvalue weighted by molar-refractivity contribution is -0.137. The van der Waals surface area contributed by atoms with Crippen molar-refractivity contribution in [3.8, 4) is 0 Å². The Bertz CT molecular complexity index is 984. The van der Waals surface area contributed by atoms with Crippen molar-refractivity contribution in [1.29, 1.82) is 0 Å². The summed E-state index contributed by atoms with van der Waals surface area (Å²) in [6.07, 6.45) is -4.45. The molecular formula is C21H18F3N3O2. The first-order chi connectivity index (χ1) is 13.8. The topological polar surface area (TPSA) is 52.7 Å². The van der Waals surface area contributed by atoms with Crippen molar-refractivity contribution in [3.63, 3.8) is 0 Å². The first kappa shape index (κ1) is 19.0. The van der Waals surface area contributed by atoms with Crippen LogP contribution in [0.15, 0.2) is 65.9 Å². The molecule has 2 aromatic rings. The average molecular weight is 401 g/mol. The van der Waals surface area contributed by atoms with Crippen molar-refractivity contribution < 1.29 is 22.8 Å². The quantitative estimate of drug-likeness (QED) is 0.842. The molecule has 2 heterocycles. The number of nitrogens with one attached hydrogen (secondary N) is 1. The van der Waals surface area contributed by atoms with Gasteiger partial charge in [-0.2, -0.15) is 13.2 Å². The van der Waals surface area contributed by atoms with Crippen molar-refractivity contribution in [3.05, 3.63) is 77.0 Å². The van der Waals surface area contributed by atoms with E-state index in [2.05, 4.69) is 5.32 Å². The fraction of sp³-hybridized carbons (Fsp3) is 0.238. The lowest BCUT2D eigenvalue weighted by Gasteiger charge is -2.32. The van der Waals surface area contributed by atoms with Crippen LogP contribution in [0.2, 0.25) is 0 Å². The Labute approximate surface area is 165 Å². The van der Waals surface area contributed by atoms with Gasteiger partial charge in [0.1, 0.15) is 0 Å². The smallest absolute Gasteiger partial charge is 0.326 e. The summed E-state index contributed by atoms with van der Waals surface area (Å²) in [5, 5.41) is 2.87. The zero-order chi connectivity index (χ0) is 20.8. The summed E-state index contributed by atoms with van der Waals surface area (Å²) in [4.78, 5) is 28.7. The van der Waals surface area contributed by atoms with Crippen LogP contribution in [-0.2, 0) is 11.0 Å². The van der Waals surface area contributed by atoms with E-state index in [4.69, 9.17) is 0 Å². The average Bonchev–Trinajstić information content (AvgIpc) is 3.05. The number of hydrogen-bond acceptors (Lipinski definition) is 2. The Hall–Kier alpha value is -3.29. The largest absolute Gasteiger partial charge is 0.416 e. The highest BCUT2D eigenvalue weighted by molar-refractivity contribution is 6.11. The number of alkyl halides is 3. The fourth-order valence-electron chi connectivity index (χ4n) is 3.76. The number of carbonyl (C=O) groups excluding carboxylic acids is 2. The molecule has 29 heavy (non-hydrogen) atoms. The van der Waals surface area contributed by atoms with Gasteiger partial charge in [0.25, 0.3) is 5.91 Å². The summed E-state index contributed by atoms with van der Waals surface area (Å²) in [7, 11) is 0. The van der Waals surface area contributed by atoms with Crippen LogP contribution in [0, 0.1) is 0 Å². The molecule has 0 fully saturated rings. The number of rotatable bonds is 3. The van der Waals surface area contributed by atoms with E-state index >= 15 is 0 Å². The van der Waals surface area contributed by atoms with E-state index in [1.54, 1.807) is 6.92 Å². The van der Waals surface area contributed by atoms with Crippen molar-refractivity contribution >= 4 is 17.6 Å². The van der Waals surface area contributed by atoms with Crippen LogP contribution in [0.5, 0.6) is 0 Å². The van der Waals surface area contributed by atoms with Crippen LogP contribution < -0.4 is 10.2 Å². The van der Waals surface area contributed by atoms with Crippen LogP contribution in [0.25, 0.3) is 0 Å². The molecule has 0 spiro atoms. The standard InChI is InChI=1S/C21H18F3N3O2/c1-2-26-16-12-27(15-10-8-14(9-11-15)21(22,23)24)19(28)17(16)18(25-20(26)29)13-6-4-3-5-7-13/h3-11,18H,2,12H2,1H3,(H,25,29)/t18-/m1/s1. The van der Waals surface area contributed by atoms with Gasteiger partial charge in [-0.1, -0.05) is 30.3 Å². The monoisotopic (exact) mass is 401 g/mol. The highest BCUT2D eigenvalue weighted by Gasteiger charge is 2.44. The highest BCUT2D eigenvalue weighted by Crippen LogP contribution is 2.38. The molecule has 1 atom stereocenters. The number of hydrogen-bond donors (Lipinski definition) is 1. The molecule has 2 aliphatic heterocycles. The second-order valence-corrected chi connectivity index (χ2v) is 6.83. The van der Waals surface area contributed by atoms with Gasteiger partial charge in [0, 0.05) is 12.2 Å². The van der Waals surface area contributed by atoms with Gasteiger partial charge in [-0.3, -0.25) is 9.69 Å². The van der Waals surface area contributed by atoms with E-state index in [1.165, 1.54) is 21.9 Å². The van der Waals surface area contributed by atoms with Gasteiger partial charge < -0.3 is 10.2 Å². The van der Waals surface area contributed by atoms with Crippen LogP contribution in [-0.4, -0.2) is 29.9 Å². The van der Waals surface area contributed by atoms with Gasteiger partial charge in [-0.25, -0.2) is 4.79 Å². The van der Waals surface area contributed by atoms with Crippen LogP contribution >= 0.6 is 0 Å². The highest BCUT2D eigenvalue weighted by atomic mass is 19.4. The van der Waals surface area contributed by atoms with Crippen molar-refractivity contribution in [2.24, 2.45) is 0 Å². The summed E-state index contributed by atoms with van der Waals surface area (Å²) >= 11 is 0. The number of urea groups is 1. The summed E-state index contributed by atoms with van der Waals surface area (Å²) in [6.45, 7) is 2.31. The Morgan fingerprint density at radius 3 is 2.28 bits per heavy atom. The third-order valence-corrected chi connectivity index (χ3v) is 5.18. The Balaban J connectivity index is 1.72. The Kier molecular flexibility index (Phi) is 4.56. The summed E-state index contributed by atoms with van der Waals surface area (Å²) in [5.74, 6) is -0.327. The third kappa shape index (κ3) is 3.24. The number of anilines is 1. The summed E-state index contributed by atoms with van der Waals surface area (Å²) in [6, 6.07) is 12.7. The normalized spacial score (nSPS) is 19.5. The minimum absolute atomic E-state index is 0.129. The molecule has 0 bridgehead atoms. The van der Waals surface area contributed by atoms with Crippen molar-refractivity contribution in [2.75, 3.05) is 18.0 Å². The maximum absolute atomic E-state index is 13.2. The van der Waals surface area contributed by atoms with E-state index < -0.39 is 17.8 Å². The lowest BCUT2D eigenvalue weighted by atomic mass is 9.95. The van der Waals surface area contributed by atoms with E-state index in [0.717, 1.165) is 17.7 Å². The predicted molar refractivity (Wildman–Crippen MR) is 101 cm³/mol. The van der Waals surface area contributed by atoms with E-state index in [0.29, 0.717) is 23.5 Å². The fourth-order valence-corrected chi connectivity index (χ4v) is 3.76. The zero-order valence-corrected chi connectivity index (χ0v) is 15.5. The summed E-state index contributed by atoms with van der Waals surface area (Å²) < 4.78 is 38.6. The molecule has 0 aliphatic carbocycles. The van der Waals surface area contributed by atoms with E-state index in [-0.39, 0.29) is 18.5 Å². The minimum atomic E-state index is -4.45. The molecule has 2 aromatic carbocycles. The maximum atomic E-state index is 13.2. The van der Waals surface area contributed by atoms with Crippen molar-refractivity contribution in [1.82, 2.24) is 10.2 Å². The molecule has 150 valence electrons. The molecule has 2 aliphatic rings. The number of carbonyl (C=O) groups is 2. The van der Waals surface area contributed by atoms with Gasteiger partial charge in [0.15, 0.2) is 0 Å². The molecule has 1 N–H and O–H groups in total. The van der Waals surface area contributed by atoms with Gasteiger partial charge in [0.05, 0.1) is 29.4 Å². The molecule has 0 saturated heterocycles. The molecule has 5 nitrogen and oxygen atoms in total.